The number of hydrogen-bond donors (Lipinski definition) is 2. The molecule has 0 aromatic rings. The molecule has 0 rings (SSSR count). The number of rotatable bonds is 7. The van der Waals surface area contributed by atoms with Gasteiger partial charge in [-0.25, -0.2) is 0 Å². The van der Waals surface area contributed by atoms with Gasteiger partial charge >= 0.3 is 5.97 Å². The van der Waals surface area contributed by atoms with E-state index in [1.165, 1.54) is 0 Å². The summed E-state index contributed by atoms with van der Waals surface area (Å²) in [7, 11) is 1.74. The Kier molecular flexibility index (Phi) is 6.72. The lowest BCUT2D eigenvalue weighted by Crippen LogP contribution is -2.42. The Labute approximate surface area is 96.8 Å². The largest absolute Gasteiger partial charge is 0.481 e. The van der Waals surface area contributed by atoms with Crippen molar-refractivity contribution in [1.29, 1.82) is 0 Å². The van der Waals surface area contributed by atoms with E-state index in [1.54, 1.807) is 11.9 Å². The lowest BCUT2D eigenvalue weighted by atomic mass is 10.1. The molecule has 1 amide bonds. The van der Waals surface area contributed by atoms with Crippen LogP contribution in [0.4, 0.5) is 0 Å². The Bertz CT molecular complexity index is 241. The number of hydrogen-bond acceptors (Lipinski definition) is 3. The SMILES string of the molecule is CC(C)C(C)NC(=O)CN(C)CCC(=O)O. The molecule has 0 spiro atoms. The van der Waals surface area contributed by atoms with Gasteiger partial charge in [0, 0.05) is 12.6 Å². The van der Waals surface area contributed by atoms with E-state index in [2.05, 4.69) is 5.32 Å². The number of aliphatic carboxylic acids is 1. The van der Waals surface area contributed by atoms with Crippen molar-refractivity contribution < 1.29 is 14.7 Å². The van der Waals surface area contributed by atoms with Crippen LogP contribution in [0.25, 0.3) is 0 Å². The Morgan fingerprint density at radius 1 is 1.31 bits per heavy atom. The summed E-state index contributed by atoms with van der Waals surface area (Å²) in [6, 6.07) is 0.139. The molecule has 1 unspecified atom stereocenters. The molecule has 2 N–H and O–H groups in total. The number of carboxylic acids is 1. The molecular weight excluding hydrogens is 208 g/mol. The van der Waals surface area contributed by atoms with Crippen LogP contribution in [0.5, 0.6) is 0 Å². The molecule has 0 heterocycles. The maximum absolute atomic E-state index is 11.5. The first kappa shape index (κ1) is 14.9. The van der Waals surface area contributed by atoms with Gasteiger partial charge in [-0.1, -0.05) is 13.8 Å². The van der Waals surface area contributed by atoms with Gasteiger partial charge in [0.15, 0.2) is 0 Å². The third kappa shape index (κ3) is 7.23. The molecule has 0 saturated carbocycles. The van der Waals surface area contributed by atoms with Crippen LogP contribution in [-0.2, 0) is 9.59 Å². The van der Waals surface area contributed by atoms with Crippen LogP contribution >= 0.6 is 0 Å². The van der Waals surface area contributed by atoms with Gasteiger partial charge in [-0.05, 0) is 19.9 Å². The Morgan fingerprint density at radius 3 is 2.31 bits per heavy atom. The van der Waals surface area contributed by atoms with Crippen molar-refractivity contribution in [1.82, 2.24) is 10.2 Å². The van der Waals surface area contributed by atoms with Crippen LogP contribution < -0.4 is 5.32 Å². The van der Waals surface area contributed by atoms with E-state index in [1.807, 2.05) is 20.8 Å². The van der Waals surface area contributed by atoms with Gasteiger partial charge in [-0.15, -0.1) is 0 Å². The van der Waals surface area contributed by atoms with Gasteiger partial charge in [-0.2, -0.15) is 0 Å². The molecule has 0 fully saturated rings. The van der Waals surface area contributed by atoms with E-state index >= 15 is 0 Å². The molecule has 0 aliphatic heterocycles. The number of nitrogens with one attached hydrogen (secondary N) is 1. The fraction of sp³-hybridized carbons (Fsp3) is 0.818. The van der Waals surface area contributed by atoms with E-state index in [-0.39, 0.29) is 24.9 Å². The quantitative estimate of drug-likeness (QED) is 0.670. The summed E-state index contributed by atoms with van der Waals surface area (Å²) >= 11 is 0. The molecule has 1 atom stereocenters. The van der Waals surface area contributed by atoms with Gasteiger partial charge in [0.05, 0.1) is 13.0 Å². The number of likely N-dealkylation sites (N-methyl/N-ethyl adjacent to an activating group) is 1. The zero-order valence-electron chi connectivity index (χ0n) is 10.5. The smallest absolute Gasteiger partial charge is 0.304 e. The molecule has 0 radical (unpaired) electrons. The van der Waals surface area contributed by atoms with Crippen molar-refractivity contribution in [2.24, 2.45) is 5.92 Å². The molecule has 0 aromatic heterocycles. The molecule has 0 aliphatic rings. The predicted octanol–water partition coefficient (Wildman–Crippen LogP) is 0.554. The summed E-state index contributed by atoms with van der Waals surface area (Å²) in [6.45, 7) is 6.67. The minimum Gasteiger partial charge on any atom is -0.481 e. The fourth-order valence-electron chi connectivity index (χ4n) is 1.08. The molecule has 0 saturated heterocycles. The van der Waals surface area contributed by atoms with Crippen LogP contribution in [0.2, 0.25) is 0 Å². The molecule has 0 aliphatic carbocycles. The van der Waals surface area contributed by atoms with Gasteiger partial charge in [0.1, 0.15) is 0 Å². The highest BCUT2D eigenvalue weighted by atomic mass is 16.4. The van der Waals surface area contributed by atoms with Crippen molar-refractivity contribution >= 4 is 11.9 Å². The average molecular weight is 230 g/mol. The van der Waals surface area contributed by atoms with E-state index in [0.29, 0.717) is 12.5 Å². The van der Waals surface area contributed by atoms with Crippen molar-refractivity contribution in [3.05, 3.63) is 0 Å². The molecule has 5 nitrogen and oxygen atoms in total. The number of nitrogens with zero attached hydrogens (tertiary/aromatic N) is 1. The Balaban J connectivity index is 3.82. The van der Waals surface area contributed by atoms with E-state index in [4.69, 9.17) is 5.11 Å². The average Bonchev–Trinajstić information content (AvgIpc) is 2.14. The monoisotopic (exact) mass is 230 g/mol. The molecular formula is C11H22N2O3. The summed E-state index contributed by atoms with van der Waals surface area (Å²) in [6.07, 6.45) is 0.0590. The number of amides is 1. The normalized spacial score (nSPS) is 12.9. The van der Waals surface area contributed by atoms with Gasteiger partial charge < -0.3 is 10.4 Å². The van der Waals surface area contributed by atoms with Crippen molar-refractivity contribution in [3.63, 3.8) is 0 Å². The Morgan fingerprint density at radius 2 is 1.88 bits per heavy atom. The third-order valence-electron chi connectivity index (χ3n) is 2.51. The zero-order valence-corrected chi connectivity index (χ0v) is 10.5. The predicted molar refractivity (Wildman–Crippen MR) is 62.2 cm³/mol. The van der Waals surface area contributed by atoms with E-state index < -0.39 is 5.97 Å². The molecule has 94 valence electrons. The van der Waals surface area contributed by atoms with Crippen molar-refractivity contribution in [2.45, 2.75) is 33.2 Å². The van der Waals surface area contributed by atoms with Crippen LogP contribution in [0, 0.1) is 5.92 Å². The summed E-state index contributed by atoms with van der Waals surface area (Å²) < 4.78 is 0. The van der Waals surface area contributed by atoms with Crippen LogP contribution in [-0.4, -0.2) is 48.1 Å². The van der Waals surface area contributed by atoms with Gasteiger partial charge in [0.25, 0.3) is 0 Å². The standard InChI is InChI=1S/C11H22N2O3/c1-8(2)9(3)12-10(14)7-13(4)6-5-11(15)16/h8-9H,5-7H2,1-4H3,(H,12,14)(H,15,16). The minimum absolute atomic E-state index is 0.0590. The maximum atomic E-state index is 11.5. The number of carbonyl (C=O) groups is 2. The highest BCUT2D eigenvalue weighted by molar-refractivity contribution is 5.78. The van der Waals surface area contributed by atoms with Gasteiger partial charge in [0.2, 0.25) is 5.91 Å². The van der Waals surface area contributed by atoms with Crippen LogP contribution in [0.1, 0.15) is 27.2 Å². The first-order valence-corrected chi connectivity index (χ1v) is 5.52. The second-order valence-corrected chi connectivity index (χ2v) is 4.48. The second-order valence-electron chi connectivity index (χ2n) is 4.48. The highest BCUT2D eigenvalue weighted by Gasteiger charge is 2.12. The first-order chi connectivity index (χ1) is 7.32. The van der Waals surface area contributed by atoms with Crippen LogP contribution in [0.15, 0.2) is 0 Å². The van der Waals surface area contributed by atoms with E-state index in [9.17, 15) is 9.59 Å². The van der Waals surface area contributed by atoms with Gasteiger partial charge in [-0.3, -0.25) is 14.5 Å². The summed E-state index contributed by atoms with van der Waals surface area (Å²) in [5, 5.41) is 11.4. The summed E-state index contributed by atoms with van der Waals surface area (Å²) in [4.78, 5) is 23.5. The zero-order chi connectivity index (χ0) is 12.7. The molecule has 16 heavy (non-hydrogen) atoms. The second kappa shape index (κ2) is 7.22. The fourth-order valence-corrected chi connectivity index (χ4v) is 1.08. The lowest BCUT2D eigenvalue weighted by Gasteiger charge is -2.20. The molecule has 5 heteroatoms. The highest BCUT2D eigenvalue weighted by Crippen LogP contribution is 1.99. The topological polar surface area (TPSA) is 69.6 Å². The van der Waals surface area contributed by atoms with Crippen molar-refractivity contribution in [3.8, 4) is 0 Å². The first-order valence-electron chi connectivity index (χ1n) is 5.52. The molecule has 0 aromatic carbocycles. The van der Waals surface area contributed by atoms with Crippen molar-refractivity contribution in [2.75, 3.05) is 20.1 Å². The third-order valence-corrected chi connectivity index (χ3v) is 2.51. The minimum atomic E-state index is -0.845. The number of carboxylic acid groups (broad SMARTS) is 1. The maximum Gasteiger partial charge on any atom is 0.304 e. The lowest BCUT2D eigenvalue weighted by molar-refractivity contribution is -0.137. The number of carbonyl (C=O) groups excluding carboxylic acids is 1. The summed E-state index contributed by atoms with van der Waals surface area (Å²) in [5.74, 6) is -0.509. The Hall–Kier alpha value is -1.10. The summed E-state index contributed by atoms with van der Waals surface area (Å²) in [5.41, 5.74) is 0. The van der Waals surface area contributed by atoms with E-state index in [0.717, 1.165) is 0 Å². The molecule has 0 bridgehead atoms. The van der Waals surface area contributed by atoms with Crippen LogP contribution in [0.3, 0.4) is 0 Å².